The van der Waals surface area contributed by atoms with Crippen LogP contribution in [0.4, 0.5) is 0 Å². The number of thiophene rings is 1. The fourth-order valence-electron chi connectivity index (χ4n) is 1.57. The molecule has 0 aliphatic carbocycles. The number of ether oxygens (including phenoxy) is 1. The Morgan fingerprint density at radius 2 is 2.00 bits per heavy atom. The van der Waals surface area contributed by atoms with Crippen LogP contribution in [0.15, 0.2) is 41.8 Å². The lowest BCUT2D eigenvalue weighted by Gasteiger charge is -2.16. The first-order chi connectivity index (χ1) is 8.33. The van der Waals surface area contributed by atoms with Gasteiger partial charge in [0.2, 0.25) is 0 Å². The van der Waals surface area contributed by atoms with Crippen LogP contribution in [0.5, 0.6) is 5.75 Å². The van der Waals surface area contributed by atoms with Crippen LogP contribution >= 0.6 is 11.3 Å². The van der Waals surface area contributed by atoms with Crippen molar-refractivity contribution in [1.29, 1.82) is 0 Å². The molecule has 0 amide bonds. The minimum atomic E-state index is 0.00924. The highest BCUT2D eigenvalue weighted by Gasteiger charge is 2.11. The molecule has 1 N–H and O–H groups in total. The topological polar surface area (TPSA) is 29.5 Å². The fourth-order valence-corrected chi connectivity index (χ4v) is 2.36. The molecule has 0 saturated heterocycles. The monoisotopic (exact) mass is 247 g/mol. The number of aliphatic hydroxyl groups is 1. The summed E-state index contributed by atoms with van der Waals surface area (Å²) in [7, 11) is 0. The molecule has 1 aromatic heterocycles. The molecule has 1 heterocycles. The van der Waals surface area contributed by atoms with Crippen LogP contribution in [0.25, 0.3) is 0 Å². The van der Waals surface area contributed by atoms with Gasteiger partial charge in [-0.1, -0.05) is 18.2 Å². The molecule has 0 spiro atoms. The van der Waals surface area contributed by atoms with Gasteiger partial charge in [-0.3, -0.25) is 0 Å². The lowest BCUT2D eigenvalue weighted by Crippen LogP contribution is -2.04. The van der Waals surface area contributed by atoms with Crippen LogP contribution in [0.3, 0.4) is 0 Å². The Morgan fingerprint density at radius 1 is 1.24 bits per heavy atom. The third-order valence-electron chi connectivity index (χ3n) is 2.51. The van der Waals surface area contributed by atoms with Crippen molar-refractivity contribution in [3.8, 4) is 5.75 Å². The summed E-state index contributed by atoms with van der Waals surface area (Å²) in [5.41, 5.74) is 0.889. The van der Waals surface area contributed by atoms with E-state index >= 15 is 0 Å². The second-order valence-electron chi connectivity index (χ2n) is 3.71. The van der Waals surface area contributed by atoms with Crippen molar-refractivity contribution < 1.29 is 9.84 Å². The molecule has 2 rings (SSSR count). The molecule has 0 saturated carbocycles. The highest BCUT2D eigenvalue weighted by atomic mass is 32.1. The molecule has 0 unspecified atom stereocenters. The number of aliphatic hydroxyl groups excluding tert-OH is 1. The summed E-state index contributed by atoms with van der Waals surface area (Å²) in [6.07, 6.45) is 0.706. The minimum absolute atomic E-state index is 0.00924. The van der Waals surface area contributed by atoms with E-state index in [1.807, 2.05) is 35.7 Å². The van der Waals surface area contributed by atoms with Gasteiger partial charge in [0.05, 0.1) is 6.61 Å². The van der Waals surface area contributed by atoms with Crippen molar-refractivity contribution in [3.63, 3.8) is 0 Å². The van der Waals surface area contributed by atoms with Crippen molar-refractivity contribution in [2.45, 2.75) is 19.1 Å². The summed E-state index contributed by atoms with van der Waals surface area (Å²) >= 11 is 1.68. The summed E-state index contributed by atoms with van der Waals surface area (Å²) in [5, 5.41) is 11.0. The molecule has 1 radical (unpaired) electrons. The van der Waals surface area contributed by atoms with E-state index in [0.29, 0.717) is 6.42 Å². The average Bonchev–Trinajstić information content (AvgIpc) is 2.90. The van der Waals surface area contributed by atoms with Crippen LogP contribution in [-0.2, 0) is 6.61 Å². The first kappa shape index (κ1) is 12.1. The van der Waals surface area contributed by atoms with Gasteiger partial charge in [-0.2, -0.15) is 0 Å². The predicted octanol–water partition coefficient (Wildman–Crippen LogP) is 3.58. The Hall–Kier alpha value is -1.32. The molecular weight excluding hydrogens is 232 g/mol. The van der Waals surface area contributed by atoms with E-state index < -0.39 is 0 Å². The average molecular weight is 247 g/mol. The van der Waals surface area contributed by atoms with Gasteiger partial charge in [0.15, 0.2) is 0 Å². The lowest BCUT2D eigenvalue weighted by molar-refractivity contribution is 0.212. The molecule has 1 aromatic carbocycles. The van der Waals surface area contributed by atoms with E-state index in [1.165, 1.54) is 4.88 Å². The Kier molecular flexibility index (Phi) is 4.18. The van der Waals surface area contributed by atoms with Gasteiger partial charge < -0.3 is 9.84 Å². The number of hydrogen-bond acceptors (Lipinski definition) is 3. The number of benzene rings is 1. The van der Waals surface area contributed by atoms with E-state index in [4.69, 9.17) is 9.84 Å². The largest absolute Gasteiger partial charge is 0.485 e. The van der Waals surface area contributed by atoms with Gasteiger partial charge in [0.25, 0.3) is 0 Å². The van der Waals surface area contributed by atoms with Gasteiger partial charge in [0, 0.05) is 4.88 Å². The van der Waals surface area contributed by atoms with E-state index in [2.05, 4.69) is 13.0 Å². The molecule has 3 heteroatoms. The van der Waals surface area contributed by atoms with Crippen LogP contribution in [0.1, 0.15) is 23.0 Å². The molecule has 0 bridgehead atoms. The van der Waals surface area contributed by atoms with E-state index in [0.717, 1.165) is 11.3 Å². The second kappa shape index (κ2) is 5.84. The van der Waals surface area contributed by atoms with Crippen LogP contribution in [0.2, 0.25) is 0 Å². The number of rotatable bonds is 5. The maximum absolute atomic E-state index is 8.96. The molecular formula is C14H15O2S. The Balaban J connectivity index is 2.07. The standard InChI is InChI=1S/C14H15O2S/c1-2-13(14-4-3-9-17-14)16-12-7-5-11(10-15)6-8-12/h3-9,13,15H,1-2,10H2/t13-/m0/s1. The minimum Gasteiger partial charge on any atom is -0.485 e. The quantitative estimate of drug-likeness (QED) is 0.875. The molecule has 2 aromatic rings. The zero-order valence-electron chi connectivity index (χ0n) is 9.50. The zero-order valence-corrected chi connectivity index (χ0v) is 10.3. The van der Waals surface area contributed by atoms with Crippen molar-refractivity contribution in [3.05, 3.63) is 59.1 Å². The van der Waals surface area contributed by atoms with E-state index in [1.54, 1.807) is 11.3 Å². The van der Waals surface area contributed by atoms with Crippen LogP contribution in [-0.4, -0.2) is 5.11 Å². The van der Waals surface area contributed by atoms with Crippen LogP contribution in [0, 0.1) is 6.92 Å². The van der Waals surface area contributed by atoms with Gasteiger partial charge >= 0.3 is 0 Å². The van der Waals surface area contributed by atoms with Gasteiger partial charge in [-0.25, -0.2) is 0 Å². The Bertz CT molecular complexity index is 434. The SMILES string of the molecule is [CH2]C[C@H](Oc1ccc(CO)cc1)c1cccs1. The summed E-state index contributed by atoms with van der Waals surface area (Å²) in [6.45, 7) is 3.97. The highest BCUT2D eigenvalue weighted by Crippen LogP contribution is 2.27. The molecule has 0 aliphatic rings. The molecule has 17 heavy (non-hydrogen) atoms. The Morgan fingerprint density at radius 3 is 2.53 bits per heavy atom. The van der Waals surface area contributed by atoms with Crippen molar-refractivity contribution in [1.82, 2.24) is 0 Å². The maximum atomic E-state index is 8.96. The third kappa shape index (κ3) is 3.08. The van der Waals surface area contributed by atoms with Gasteiger partial charge in [0.1, 0.15) is 11.9 Å². The molecule has 1 atom stereocenters. The van der Waals surface area contributed by atoms with E-state index in [9.17, 15) is 0 Å². The summed E-state index contributed by atoms with van der Waals surface area (Å²) in [5.74, 6) is 0.809. The highest BCUT2D eigenvalue weighted by molar-refractivity contribution is 7.10. The first-order valence-corrected chi connectivity index (χ1v) is 6.40. The molecule has 0 fully saturated rings. The molecule has 89 valence electrons. The van der Waals surface area contributed by atoms with Crippen molar-refractivity contribution >= 4 is 11.3 Å². The summed E-state index contributed by atoms with van der Waals surface area (Å²) in [6, 6.07) is 11.6. The van der Waals surface area contributed by atoms with Crippen molar-refractivity contribution in [2.24, 2.45) is 0 Å². The Labute approximate surface area is 105 Å². The maximum Gasteiger partial charge on any atom is 0.133 e. The smallest absolute Gasteiger partial charge is 0.133 e. The summed E-state index contributed by atoms with van der Waals surface area (Å²) in [4.78, 5) is 1.19. The fraction of sp³-hybridized carbons (Fsp3) is 0.214. The normalized spacial score (nSPS) is 12.4. The van der Waals surface area contributed by atoms with Crippen LogP contribution < -0.4 is 4.74 Å². The molecule has 2 nitrogen and oxygen atoms in total. The van der Waals surface area contributed by atoms with Gasteiger partial charge in [-0.15, -0.1) is 11.3 Å². The third-order valence-corrected chi connectivity index (χ3v) is 3.47. The predicted molar refractivity (Wildman–Crippen MR) is 70.0 cm³/mol. The second-order valence-corrected chi connectivity index (χ2v) is 4.69. The molecule has 0 aliphatic heterocycles. The first-order valence-electron chi connectivity index (χ1n) is 5.52. The van der Waals surface area contributed by atoms with Crippen molar-refractivity contribution in [2.75, 3.05) is 0 Å². The summed E-state index contributed by atoms with van der Waals surface area (Å²) < 4.78 is 5.87. The van der Waals surface area contributed by atoms with E-state index in [-0.39, 0.29) is 12.7 Å². The lowest BCUT2D eigenvalue weighted by atomic mass is 10.2. The number of hydrogen-bond donors (Lipinski definition) is 1. The van der Waals surface area contributed by atoms with Gasteiger partial charge in [-0.05, 0) is 42.5 Å². The zero-order chi connectivity index (χ0) is 12.1.